The van der Waals surface area contributed by atoms with Crippen molar-refractivity contribution in [2.24, 2.45) is 19.8 Å². The molecule has 6 heteroatoms. The van der Waals surface area contributed by atoms with Gasteiger partial charge < -0.3 is 14.9 Å². The lowest BCUT2D eigenvalue weighted by Crippen LogP contribution is -2.41. The summed E-state index contributed by atoms with van der Waals surface area (Å²) < 4.78 is 3.55. The third kappa shape index (κ3) is 3.74. The number of aryl methyl sites for hydroxylation is 2. The van der Waals surface area contributed by atoms with E-state index in [0.29, 0.717) is 5.02 Å². The van der Waals surface area contributed by atoms with E-state index in [9.17, 15) is 4.79 Å². The summed E-state index contributed by atoms with van der Waals surface area (Å²) in [6.07, 6.45) is 9.14. The minimum absolute atomic E-state index is 0.102. The van der Waals surface area contributed by atoms with E-state index in [-0.39, 0.29) is 5.56 Å². The minimum Gasteiger partial charge on any atom is -0.336 e. The summed E-state index contributed by atoms with van der Waals surface area (Å²) in [6, 6.07) is 22.7. The number of nitrogens with zero attached hydrogens (tertiary/aromatic N) is 3. The molecule has 1 atom stereocenters. The molecule has 5 rings (SSSR count). The maximum Gasteiger partial charge on any atom is 0.251 e. The average Bonchev–Trinajstić information content (AvgIpc) is 3.32. The fraction of sp³-hybridized carbons (Fsp3) is 0.103. The van der Waals surface area contributed by atoms with Crippen molar-refractivity contribution in [1.29, 1.82) is 0 Å². The van der Waals surface area contributed by atoms with Gasteiger partial charge >= 0.3 is 0 Å². The first kappa shape index (κ1) is 22.7. The highest BCUT2D eigenvalue weighted by atomic mass is 35.5. The summed E-state index contributed by atoms with van der Waals surface area (Å²) in [5.74, 6) is 2.67. The summed E-state index contributed by atoms with van der Waals surface area (Å²) in [5.41, 5.74) is 11.9. The van der Waals surface area contributed by atoms with Gasteiger partial charge in [0.25, 0.3) is 5.56 Å². The maximum absolute atomic E-state index is 12.8. The molecule has 2 heterocycles. The summed E-state index contributed by atoms with van der Waals surface area (Å²) in [5, 5.41) is 1.52. The molecule has 0 saturated heterocycles. The molecule has 0 bridgehead atoms. The van der Waals surface area contributed by atoms with Gasteiger partial charge in [0, 0.05) is 36.1 Å². The molecule has 0 radical (unpaired) electrons. The van der Waals surface area contributed by atoms with Gasteiger partial charge in [0.15, 0.2) is 0 Å². The van der Waals surface area contributed by atoms with Crippen LogP contribution >= 0.6 is 11.6 Å². The van der Waals surface area contributed by atoms with Gasteiger partial charge in [-0.3, -0.25) is 4.79 Å². The van der Waals surface area contributed by atoms with E-state index in [1.165, 1.54) is 0 Å². The van der Waals surface area contributed by atoms with Crippen molar-refractivity contribution in [2.45, 2.75) is 5.54 Å². The lowest BCUT2D eigenvalue weighted by molar-refractivity contribution is 0.596. The molecular weight excluding hydrogens is 456 g/mol. The molecule has 0 amide bonds. The van der Waals surface area contributed by atoms with Crippen molar-refractivity contribution in [2.75, 3.05) is 0 Å². The van der Waals surface area contributed by atoms with E-state index in [1.807, 2.05) is 78.3 Å². The van der Waals surface area contributed by atoms with Crippen LogP contribution in [0.15, 0.2) is 90.1 Å². The van der Waals surface area contributed by atoms with E-state index < -0.39 is 5.54 Å². The third-order valence-corrected chi connectivity index (χ3v) is 6.81. The topological polar surface area (TPSA) is 65.8 Å². The van der Waals surface area contributed by atoms with Gasteiger partial charge in [-0.15, -0.1) is 6.42 Å². The molecule has 35 heavy (non-hydrogen) atoms. The summed E-state index contributed by atoms with van der Waals surface area (Å²) in [4.78, 5) is 17.1. The van der Waals surface area contributed by atoms with Crippen molar-refractivity contribution in [1.82, 2.24) is 14.1 Å². The molecule has 172 valence electrons. The Morgan fingerprint density at radius 1 is 1.00 bits per heavy atom. The van der Waals surface area contributed by atoms with Crippen LogP contribution in [-0.4, -0.2) is 14.1 Å². The summed E-state index contributed by atoms with van der Waals surface area (Å²) in [6.45, 7) is 0. The van der Waals surface area contributed by atoms with E-state index >= 15 is 0 Å². The zero-order valence-electron chi connectivity index (χ0n) is 19.4. The van der Waals surface area contributed by atoms with Crippen molar-refractivity contribution in [3.8, 4) is 23.5 Å². The van der Waals surface area contributed by atoms with Gasteiger partial charge in [-0.05, 0) is 58.7 Å². The largest absolute Gasteiger partial charge is 0.336 e. The van der Waals surface area contributed by atoms with Gasteiger partial charge in [0.1, 0.15) is 5.54 Å². The van der Waals surface area contributed by atoms with Gasteiger partial charge in [-0.1, -0.05) is 47.9 Å². The Kier molecular flexibility index (Phi) is 5.56. The predicted octanol–water partition coefficient (Wildman–Crippen LogP) is 4.82. The Morgan fingerprint density at radius 2 is 1.74 bits per heavy atom. The molecule has 0 unspecified atom stereocenters. The molecule has 0 aliphatic heterocycles. The highest BCUT2D eigenvalue weighted by Crippen LogP contribution is 2.37. The number of halogens is 1. The highest BCUT2D eigenvalue weighted by Gasteiger charge is 2.35. The van der Waals surface area contributed by atoms with Gasteiger partial charge in [-0.25, -0.2) is 4.98 Å². The normalized spacial score (nSPS) is 12.9. The second-order valence-corrected chi connectivity index (χ2v) is 9.05. The molecule has 3 aromatic carbocycles. The monoisotopic (exact) mass is 478 g/mol. The quantitative estimate of drug-likeness (QED) is 0.376. The zero-order valence-corrected chi connectivity index (χ0v) is 20.1. The fourth-order valence-corrected chi connectivity index (χ4v) is 4.76. The highest BCUT2D eigenvalue weighted by molar-refractivity contribution is 6.30. The van der Waals surface area contributed by atoms with Crippen LogP contribution in [0.4, 0.5) is 0 Å². The van der Waals surface area contributed by atoms with Crippen LogP contribution in [0.3, 0.4) is 0 Å². The SMILES string of the molecule is C#Cc1cccc(-c2cc(=O)n(C)c3ccc([C@@](N)(c4ccc(Cl)cc4)c4cncn4C)cc23)c1. The number of terminal acetylenes is 1. The number of hydrogen-bond donors (Lipinski definition) is 1. The Balaban J connectivity index is 1.84. The second kappa shape index (κ2) is 8.59. The molecule has 0 aliphatic rings. The maximum atomic E-state index is 12.8. The van der Waals surface area contributed by atoms with Crippen LogP contribution in [0, 0.1) is 12.3 Å². The van der Waals surface area contributed by atoms with Crippen LogP contribution in [0.1, 0.15) is 22.4 Å². The van der Waals surface area contributed by atoms with Crippen molar-refractivity contribution >= 4 is 22.5 Å². The molecule has 0 saturated carbocycles. The molecule has 2 aromatic heterocycles. The van der Waals surface area contributed by atoms with Gasteiger partial charge in [0.2, 0.25) is 0 Å². The molecule has 5 nitrogen and oxygen atoms in total. The second-order valence-electron chi connectivity index (χ2n) is 8.62. The van der Waals surface area contributed by atoms with E-state index in [4.69, 9.17) is 23.8 Å². The minimum atomic E-state index is -1.02. The number of pyridine rings is 1. The van der Waals surface area contributed by atoms with Crippen molar-refractivity contribution < 1.29 is 0 Å². The van der Waals surface area contributed by atoms with Crippen LogP contribution in [0.25, 0.3) is 22.0 Å². The lowest BCUT2D eigenvalue weighted by atomic mass is 9.80. The first-order chi connectivity index (χ1) is 16.8. The number of imidazole rings is 1. The number of hydrogen-bond acceptors (Lipinski definition) is 3. The first-order valence-corrected chi connectivity index (χ1v) is 11.4. The molecule has 0 spiro atoms. The van der Waals surface area contributed by atoms with E-state index in [0.717, 1.165) is 44.4 Å². The van der Waals surface area contributed by atoms with E-state index in [2.05, 4.69) is 10.9 Å². The first-order valence-electron chi connectivity index (χ1n) is 11.1. The molecule has 0 fully saturated rings. The van der Waals surface area contributed by atoms with E-state index in [1.54, 1.807) is 30.2 Å². The zero-order chi connectivity index (χ0) is 24.7. The van der Waals surface area contributed by atoms with Crippen LogP contribution in [-0.2, 0) is 19.6 Å². The summed E-state index contributed by atoms with van der Waals surface area (Å²) >= 11 is 6.18. The average molecular weight is 479 g/mol. The number of fused-ring (bicyclic) bond motifs is 1. The number of rotatable bonds is 4. The summed E-state index contributed by atoms with van der Waals surface area (Å²) in [7, 11) is 3.68. The molecular formula is C29H23ClN4O. The van der Waals surface area contributed by atoms with Gasteiger partial charge in [-0.2, -0.15) is 0 Å². The van der Waals surface area contributed by atoms with Crippen LogP contribution < -0.4 is 11.3 Å². The molecule has 2 N–H and O–H groups in total. The fourth-order valence-electron chi connectivity index (χ4n) is 4.63. The molecule has 5 aromatic rings. The van der Waals surface area contributed by atoms with Crippen molar-refractivity contribution in [3.63, 3.8) is 0 Å². The van der Waals surface area contributed by atoms with Gasteiger partial charge in [0.05, 0.1) is 23.7 Å². The number of nitrogens with two attached hydrogens (primary N) is 1. The Bertz CT molecular complexity index is 1670. The van der Waals surface area contributed by atoms with Crippen LogP contribution in [0.5, 0.6) is 0 Å². The predicted molar refractivity (Wildman–Crippen MR) is 141 cm³/mol. The number of benzene rings is 3. The van der Waals surface area contributed by atoms with Crippen molar-refractivity contribution in [3.05, 3.63) is 123 Å². The Labute approximate surface area is 208 Å². The standard InChI is InChI=1S/C29H23ClN4O/c1-4-19-6-5-7-20(14-19)24-16-28(35)34(3)26-13-10-22(15-25(24)26)29(31,27-17-32-18-33(27)2)21-8-11-23(30)12-9-21/h1,5-18H,31H2,2-3H3/t29-/m0/s1. The molecule has 0 aliphatic carbocycles. The third-order valence-electron chi connectivity index (χ3n) is 6.56. The Morgan fingerprint density at radius 3 is 2.43 bits per heavy atom. The Hall–Kier alpha value is -4.11. The van der Waals surface area contributed by atoms with Crippen LogP contribution in [0.2, 0.25) is 5.02 Å². The smallest absolute Gasteiger partial charge is 0.251 e. The lowest BCUT2D eigenvalue weighted by Gasteiger charge is -2.31. The number of aromatic nitrogens is 3.